The predicted molar refractivity (Wildman–Crippen MR) is 71.7 cm³/mol. The van der Waals surface area contributed by atoms with Crippen molar-refractivity contribution in [1.82, 2.24) is 10.6 Å². The summed E-state index contributed by atoms with van der Waals surface area (Å²) >= 11 is 0. The Hall–Kier alpha value is -2.28. The first-order chi connectivity index (χ1) is 8.99. The molecule has 0 fully saturated rings. The lowest BCUT2D eigenvalue weighted by Gasteiger charge is -2.10. The third-order valence-electron chi connectivity index (χ3n) is 2.34. The van der Waals surface area contributed by atoms with Gasteiger partial charge in [0.1, 0.15) is 0 Å². The highest BCUT2D eigenvalue weighted by molar-refractivity contribution is 5.89. The maximum absolute atomic E-state index is 11.5. The molecule has 7 heteroatoms. The number of aliphatic hydroxyl groups is 1. The highest BCUT2D eigenvalue weighted by atomic mass is 16.3. The topological polar surface area (TPSA) is 116 Å². The molecule has 0 aromatic heterocycles. The summed E-state index contributed by atoms with van der Waals surface area (Å²) in [6.07, 6.45) is -0.593. The van der Waals surface area contributed by atoms with Crippen molar-refractivity contribution in [2.24, 2.45) is 5.73 Å². The average molecular weight is 266 g/mol. The largest absolute Gasteiger partial charge is 0.389 e. The highest BCUT2D eigenvalue weighted by Crippen LogP contribution is 2.16. The number of nitrogens with two attached hydrogens (primary N) is 1. The second-order valence-electron chi connectivity index (χ2n) is 3.97. The first kappa shape index (κ1) is 14.8. The fourth-order valence-electron chi connectivity index (χ4n) is 1.41. The highest BCUT2D eigenvalue weighted by Gasteiger charge is 2.04. The minimum atomic E-state index is -0.633. The van der Waals surface area contributed by atoms with Gasteiger partial charge in [-0.25, -0.2) is 9.59 Å². The maximum Gasteiger partial charge on any atom is 0.319 e. The second kappa shape index (κ2) is 7.22. The number of nitrogens with one attached hydrogen (secondary N) is 3. The van der Waals surface area contributed by atoms with E-state index in [-0.39, 0.29) is 13.1 Å². The summed E-state index contributed by atoms with van der Waals surface area (Å²) < 4.78 is 0. The number of benzene rings is 1. The Labute approximate surface area is 111 Å². The van der Waals surface area contributed by atoms with E-state index in [1.165, 1.54) is 0 Å². The van der Waals surface area contributed by atoms with Crippen molar-refractivity contribution in [3.8, 4) is 0 Å². The lowest BCUT2D eigenvalue weighted by molar-refractivity contribution is 0.199. The number of anilines is 1. The summed E-state index contributed by atoms with van der Waals surface area (Å²) in [6, 6.07) is 5.89. The Balaban J connectivity index is 2.39. The molecule has 1 atom stereocenters. The molecule has 0 saturated heterocycles. The van der Waals surface area contributed by atoms with Gasteiger partial charge in [-0.1, -0.05) is 12.1 Å². The van der Waals surface area contributed by atoms with Crippen LogP contribution in [-0.4, -0.2) is 30.3 Å². The van der Waals surface area contributed by atoms with E-state index in [0.29, 0.717) is 11.3 Å². The molecule has 104 valence electrons. The molecule has 0 radical (unpaired) electrons. The molecular formula is C12H18N4O3. The zero-order valence-corrected chi connectivity index (χ0v) is 10.6. The average Bonchev–Trinajstić information content (AvgIpc) is 2.34. The Morgan fingerprint density at radius 2 is 2.00 bits per heavy atom. The van der Waals surface area contributed by atoms with Crippen LogP contribution in [0.15, 0.2) is 24.3 Å². The standard InChI is InChI=1S/C12H18N4O3/c1-8(17)9-3-2-4-10(7-9)16-12(19)15-6-5-14-11(13)18/h2-4,7-8,17H,5-6H2,1H3,(H3,13,14,18)(H2,15,16,19). The molecule has 0 aliphatic carbocycles. The lowest BCUT2D eigenvalue weighted by atomic mass is 10.1. The molecule has 1 unspecified atom stereocenters. The summed E-state index contributed by atoms with van der Waals surface area (Å²) in [5.41, 5.74) is 6.17. The number of hydrogen-bond acceptors (Lipinski definition) is 3. The van der Waals surface area contributed by atoms with Crippen LogP contribution < -0.4 is 21.7 Å². The summed E-state index contributed by atoms with van der Waals surface area (Å²) in [7, 11) is 0. The first-order valence-electron chi connectivity index (χ1n) is 5.85. The third kappa shape index (κ3) is 5.73. The van der Waals surface area contributed by atoms with Gasteiger partial charge >= 0.3 is 12.1 Å². The molecule has 0 saturated carbocycles. The number of urea groups is 2. The van der Waals surface area contributed by atoms with Crippen LogP contribution in [0.1, 0.15) is 18.6 Å². The lowest BCUT2D eigenvalue weighted by Crippen LogP contribution is -2.38. The number of primary amides is 1. The van der Waals surface area contributed by atoms with Crippen molar-refractivity contribution in [3.63, 3.8) is 0 Å². The minimum Gasteiger partial charge on any atom is -0.389 e. The van der Waals surface area contributed by atoms with E-state index >= 15 is 0 Å². The van der Waals surface area contributed by atoms with Crippen LogP contribution in [0, 0.1) is 0 Å². The van der Waals surface area contributed by atoms with Crippen molar-refractivity contribution in [1.29, 1.82) is 0 Å². The van der Waals surface area contributed by atoms with Crippen molar-refractivity contribution in [3.05, 3.63) is 29.8 Å². The number of amides is 4. The van der Waals surface area contributed by atoms with Crippen LogP contribution in [-0.2, 0) is 0 Å². The zero-order chi connectivity index (χ0) is 14.3. The van der Waals surface area contributed by atoms with Crippen LogP contribution in [0.25, 0.3) is 0 Å². The number of aliphatic hydroxyl groups excluding tert-OH is 1. The van der Waals surface area contributed by atoms with Crippen LogP contribution in [0.4, 0.5) is 15.3 Å². The molecule has 19 heavy (non-hydrogen) atoms. The van der Waals surface area contributed by atoms with Gasteiger partial charge in [0.05, 0.1) is 6.10 Å². The van der Waals surface area contributed by atoms with Gasteiger partial charge in [0.15, 0.2) is 0 Å². The van der Waals surface area contributed by atoms with E-state index in [1.807, 2.05) is 0 Å². The van der Waals surface area contributed by atoms with E-state index in [1.54, 1.807) is 31.2 Å². The van der Waals surface area contributed by atoms with Gasteiger partial charge in [0, 0.05) is 18.8 Å². The molecule has 0 aliphatic heterocycles. The van der Waals surface area contributed by atoms with Gasteiger partial charge in [-0.05, 0) is 24.6 Å². The van der Waals surface area contributed by atoms with Gasteiger partial charge in [-0.3, -0.25) is 0 Å². The van der Waals surface area contributed by atoms with Crippen LogP contribution in [0.2, 0.25) is 0 Å². The molecule has 6 N–H and O–H groups in total. The molecular weight excluding hydrogens is 248 g/mol. The zero-order valence-electron chi connectivity index (χ0n) is 10.6. The monoisotopic (exact) mass is 266 g/mol. The van der Waals surface area contributed by atoms with Crippen LogP contribution in [0.5, 0.6) is 0 Å². The van der Waals surface area contributed by atoms with Crippen molar-refractivity contribution in [2.45, 2.75) is 13.0 Å². The van der Waals surface area contributed by atoms with Gasteiger partial charge in [-0.15, -0.1) is 0 Å². The summed E-state index contributed by atoms with van der Waals surface area (Å²) in [4.78, 5) is 21.9. The number of carbonyl (C=O) groups is 2. The van der Waals surface area contributed by atoms with E-state index < -0.39 is 18.2 Å². The van der Waals surface area contributed by atoms with E-state index in [0.717, 1.165) is 0 Å². The maximum atomic E-state index is 11.5. The second-order valence-corrected chi connectivity index (χ2v) is 3.97. The van der Waals surface area contributed by atoms with Gasteiger partial charge in [0.2, 0.25) is 0 Å². The predicted octanol–water partition coefficient (Wildman–Crippen LogP) is 0.530. The molecule has 1 aromatic rings. The molecule has 0 aliphatic rings. The summed E-state index contributed by atoms with van der Waals surface area (Å²) in [5.74, 6) is 0. The number of rotatable bonds is 5. The van der Waals surface area contributed by atoms with Gasteiger partial charge in [-0.2, -0.15) is 0 Å². The normalized spacial score (nSPS) is 11.5. The fourth-order valence-corrected chi connectivity index (χ4v) is 1.41. The number of carbonyl (C=O) groups excluding carboxylic acids is 2. The Bertz CT molecular complexity index is 448. The molecule has 4 amide bonds. The van der Waals surface area contributed by atoms with Crippen LogP contribution in [0.3, 0.4) is 0 Å². The first-order valence-corrected chi connectivity index (χ1v) is 5.85. The Kier molecular flexibility index (Phi) is 5.62. The summed E-state index contributed by atoms with van der Waals surface area (Å²) in [6.45, 7) is 2.18. The molecule has 0 bridgehead atoms. The summed E-state index contributed by atoms with van der Waals surface area (Å²) in [5, 5.41) is 17.0. The molecule has 0 heterocycles. The van der Waals surface area contributed by atoms with Gasteiger partial charge < -0.3 is 26.8 Å². The van der Waals surface area contributed by atoms with Crippen molar-refractivity contribution < 1.29 is 14.7 Å². The van der Waals surface area contributed by atoms with Crippen molar-refractivity contribution in [2.75, 3.05) is 18.4 Å². The molecule has 1 rings (SSSR count). The van der Waals surface area contributed by atoms with Gasteiger partial charge in [0.25, 0.3) is 0 Å². The fraction of sp³-hybridized carbons (Fsp3) is 0.333. The SMILES string of the molecule is CC(O)c1cccc(NC(=O)NCCNC(N)=O)c1. The third-order valence-corrected chi connectivity index (χ3v) is 2.34. The smallest absolute Gasteiger partial charge is 0.319 e. The molecule has 7 nitrogen and oxygen atoms in total. The Morgan fingerprint density at radius 1 is 1.32 bits per heavy atom. The van der Waals surface area contributed by atoms with E-state index in [2.05, 4.69) is 16.0 Å². The van der Waals surface area contributed by atoms with Crippen molar-refractivity contribution >= 4 is 17.7 Å². The van der Waals surface area contributed by atoms with E-state index in [4.69, 9.17) is 5.73 Å². The quantitative estimate of drug-likeness (QED) is 0.500. The molecule has 0 spiro atoms. The van der Waals surface area contributed by atoms with E-state index in [9.17, 15) is 14.7 Å². The number of hydrogen-bond donors (Lipinski definition) is 5. The van der Waals surface area contributed by atoms with Crippen LogP contribution >= 0.6 is 0 Å². The minimum absolute atomic E-state index is 0.260. The Morgan fingerprint density at radius 3 is 2.63 bits per heavy atom. The molecule has 1 aromatic carbocycles.